The molecular formula is C15H29N3O. The van der Waals surface area contributed by atoms with Gasteiger partial charge in [0.1, 0.15) is 0 Å². The highest BCUT2D eigenvalue weighted by molar-refractivity contribution is 4.98. The van der Waals surface area contributed by atoms with E-state index in [1.165, 1.54) is 25.7 Å². The summed E-state index contributed by atoms with van der Waals surface area (Å²) < 4.78 is 5.99. The van der Waals surface area contributed by atoms with Gasteiger partial charge in [0.2, 0.25) is 0 Å². The predicted molar refractivity (Wildman–Crippen MR) is 77.5 cm³/mol. The summed E-state index contributed by atoms with van der Waals surface area (Å²) in [6, 6.07) is 2.35. The summed E-state index contributed by atoms with van der Waals surface area (Å²) in [6.07, 6.45) is 5.89. The molecule has 110 valence electrons. The van der Waals surface area contributed by atoms with Gasteiger partial charge in [0.25, 0.3) is 0 Å². The first-order chi connectivity index (χ1) is 9.30. The lowest BCUT2D eigenvalue weighted by molar-refractivity contribution is -0.0537. The van der Waals surface area contributed by atoms with Crippen molar-refractivity contribution in [2.45, 2.75) is 56.8 Å². The van der Waals surface area contributed by atoms with E-state index in [2.05, 4.69) is 29.1 Å². The third kappa shape index (κ3) is 2.97. The number of fused-ring (bicyclic) bond motifs is 2. The maximum Gasteiger partial charge on any atom is 0.0829 e. The lowest BCUT2D eigenvalue weighted by Crippen LogP contribution is -2.54. The van der Waals surface area contributed by atoms with Gasteiger partial charge in [-0.3, -0.25) is 9.80 Å². The summed E-state index contributed by atoms with van der Waals surface area (Å²) in [7, 11) is 2.11. The number of hydrogen-bond acceptors (Lipinski definition) is 4. The molecule has 3 atom stereocenters. The summed E-state index contributed by atoms with van der Waals surface area (Å²) >= 11 is 0. The van der Waals surface area contributed by atoms with Crippen LogP contribution in [-0.2, 0) is 4.74 Å². The Morgan fingerprint density at radius 2 is 1.95 bits per heavy atom. The molecule has 3 saturated heterocycles. The second-order valence-corrected chi connectivity index (χ2v) is 6.42. The molecule has 19 heavy (non-hydrogen) atoms. The van der Waals surface area contributed by atoms with Gasteiger partial charge in [0.05, 0.1) is 12.7 Å². The van der Waals surface area contributed by atoms with Gasteiger partial charge in [-0.05, 0) is 39.3 Å². The number of morpholine rings is 1. The highest BCUT2D eigenvalue weighted by Gasteiger charge is 2.41. The van der Waals surface area contributed by atoms with Crippen LogP contribution >= 0.6 is 0 Å². The quantitative estimate of drug-likeness (QED) is 0.820. The van der Waals surface area contributed by atoms with Crippen molar-refractivity contribution in [3.8, 4) is 0 Å². The van der Waals surface area contributed by atoms with Crippen LogP contribution < -0.4 is 5.32 Å². The fourth-order valence-electron chi connectivity index (χ4n) is 4.22. The minimum atomic E-state index is 0.433. The van der Waals surface area contributed by atoms with Crippen molar-refractivity contribution < 1.29 is 4.74 Å². The second-order valence-electron chi connectivity index (χ2n) is 6.42. The van der Waals surface area contributed by atoms with E-state index in [4.69, 9.17) is 4.74 Å². The Morgan fingerprint density at radius 3 is 2.58 bits per heavy atom. The van der Waals surface area contributed by atoms with Gasteiger partial charge in [-0.25, -0.2) is 0 Å². The molecule has 0 aromatic carbocycles. The summed E-state index contributed by atoms with van der Waals surface area (Å²) in [4.78, 5) is 5.29. The van der Waals surface area contributed by atoms with Crippen LogP contribution in [-0.4, -0.2) is 73.9 Å². The van der Waals surface area contributed by atoms with E-state index in [1.807, 2.05) is 0 Å². The molecule has 3 aliphatic heterocycles. The maximum absolute atomic E-state index is 5.99. The molecule has 0 amide bonds. The number of rotatable bonds is 4. The van der Waals surface area contributed by atoms with Gasteiger partial charge in [-0.15, -0.1) is 0 Å². The number of hydrogen-bond donors (Lipinski definition) is 1. The smallest absolute Gasteiger partial charge is 0.0829 e. The zero-order chi connectivity index (χ0) is 13.2. The molecule has 3 heterocycles. The lowest BCUT2D eigenvalue weighted by atomic mass is 9.97. The van der Waals surface area contributed by atoms with Crippen LogP contribution in [0.15, 0.2) is 0 Å². The Hall–Kier alpha value is -0.160. The van der Waals surface area contributed by atoms with Crippen LogP contribution in [0.2, 0.25) is 0 Å². The molecule has 0 spiro atoms. The first-order valence-electron chi connectivity index (χ1n) is 8.07. The molecule has 4 nitrogen and oxygen atoms in total. The number of nitrogens with one attached hydrogen (secondary N) is 1. The Bertz CT molecular complexity index is 285. The number of nitrogens with zero attached hydrogens (tertiary/aromatic N) is 2. The molecule has 3 unspecified atom stereocenters. The molecule has 3 aliphatic rings. The SMILES string of the molecule is CCN1CCOC(CN2C3CCC2CC(NC)C3)C1. The monoisotopic (exact) mass is 267 g/mol. The van der Waals surface area contributed by atoms with Crippen LogP contribution in [0.1, 0.15) is 32.6 Å². The highest BCUT2D eigenvalue weighted by atomic mass is 16.5. The third-order valence-corrected chi connectivity index (χ3v) is 5.38. The molecule has 3 fully saturated rings. The Labute approximate surface area is 117 Å². The summed E-state index contributed by atoms with van der Waals surface area (Å²) in [6.45, 7) is 7.73. The zero-order valence-corrected chi connectivity index (χ0v) is 12.5. The van der Waals surface area contributed by atoms with E-state index in [9.17, 15) is 0 Å². The lowest BCUT2D eigenvalue weighted by Gasteiger charge is -2.42. The topological polar surface area (TPSA) is 27.7 Å². The van der Waals surface area contributed by atoms with E-state index in [-0.39, 0.29) is 0 Å². The first-order valence-corrected chi connectivity index (χ1v) is 8.07. The fraction of sp³-hybridized carbons (Fsp3) is 1.00. The number of ether oxygens (including phenoxy) is 1. The van der Waals surface area contributed by atoms with Crippen LogP contribution in [0.4, 0.5) is 0 Å². The Kier molecular flexibility index (Phi) is 4.42. The van der Waals surface area contributed by atoms with Gasteiger partial charge in [-0.1, -0.05) is 6.92 Å². The molecule has 0 aromatic heterocycles. The third-order valence-electron chi connectivity index (χ3n) is 5.38. The molecule has 0 radical (unpaired) electrons. The average Bonchev–Trinajstić information content (AvgIpc) is 2.69. The molecule has 0 saturated carbocycles. The van der Waals surface area contributed by atoms with Gasteiger partial charge < -0.3 is 10.1 Å². The van der Waals surface area contributed by atoms with E-state index in [0.29, 0.717) is 6.10 Å². The van der Waals surface area contributed by atoms with Crippen molar-refractivity contribution in [2.24, 2.45) is 0 Å². The first kappa shape index (κ1) is 13.8. The highest BCUT2D eigenvalue weighted by Crippen LogP contribution is 2.35. The summed E-state index contributed by atoms with van der Waals surface area (Å²) in [5.41, 5.74) is 0. The summed E-state index contributed by atoms with van der Waals surface area (Å²) in [5, 5.41) is 3.48. The number of piperidine rings is 1. The van der Waals surface area contributed by atoms with Crippen LogP contribution in [0.25, 0.3) is 0 Å². The fourth-order valence-corrected chi connectivity index (χ4v) is 4.22. The van der Waals surface area contributed by atoms with Gasteiger partial charge in [0, 0.05) is 37.8 Å². The largest absolute Gasteiger partial charge is 0.374 e. The van der Waals surface area contributed by atoms with E-state index in [1.54, 1.807) is 0 Å². The van der Waals surface area contributed by atoms with Crippen molar-refractivity contribution in [3.05, 3.63) is 0 Å². The van der Waals surface area contributed by atoms with Crippen LogP contribution in [0.3, 0.4) is 0 Å². The van der Waals surface area contributed by atoms with E-state index in [0.717, 1.165) is 50.9 Å². The molecule has 1 N–H and O–H groups in total. The molecule has 2 bridgehead atoms. The minimum absolute atomic E-state index is 0.433. The van der Waals surface area contributed by atoms with Gasteiger partial charge in [-0.2, -0.15) is 0 Å². The van der Waals surface area contributed by atoms with Gasteiger partial charge >= 0.3 is 0 Å². The average molecular weight is 267 g/mol. The maximum atomic E-state index is 5.99. The predicted octanol–water partition coefficient (Wildman–Crippen LogP) is 0.922. The Balaban J connectivity index is 1.55. The van der Waals surface area contributed by atoms with Crippen molar-refractivity contribution >= 4 is 0 Å². The molecule has 0 aliphatic carbocycles. The van der Waals surface area contributed by atoms with E-state index >= 15 is 0 Å². The van der Waals surface area contributed by atoms with Crippen molar-refractivity contribution in [1.82, 2.24) is 15.1 Å². The molecule has 3 rings (SSSR count). The number of likely N-dealkylation sites (N-methyl/N-ethyl adjacent to an activating group) is 1. The minimum Gasteiger partial charge on any atom is -0.374 e. The summed E-state index contributed by atoms with van der Waals surface area (Å²) in [5.74, 6) is 0. The van der Waals surface area contributed by atoms with Crippen LogP contribution in [0, 0.1) is 0 Å². The van der Waals surface area contributed by atoms with Crippen molar-refractivity contribution in [1.29, 1.82) is 0 Å². The molecule has 0 aromatic rings. The van der Waals surface area contributed by atoms with Crippen LogP contribution in [0.5, 0.6) is 0 Å². The standard InChI is InChI=1S/C15H29N3O/c1-3-17-6-7-19-15(10-17)11-18-13-4-5-14(18)9-12(8-13)16-2/h12-16H,3-11H2,1-2H3. The molecule has 4 heteroatoms. The normalized spacial score (nSPS) is 40.7. The zero-order valence-electron chi connectivity index (χ0n) is 12.5. The Morgan fingerprint density at radius 1 is 1.21 bits per heavy atom. The molecular weight excluding hydrogens is 238 g/mol. The van der Waals surface area contributed by atoms with Crippen molar-refractivity contribution in [3.63, 3.8) is 0 Å². The van der Waals surface area contributed by atoms with E-state index < -0.39 is 0 Å². The van der Waals surface area contributed by atoms with Crippen molar-refractivity contribution in [2.75, 3.05) is 39.8 Å². The van der Waals surface area contributed by atoms with Gasteiger partial charge in [0.15, 0.2) is 0 Å². The second kappa shape index (κ2) is 6.08.